The zero-order valence-electron chi connectivity index (χ0n) is 15.9. The Morgan fingerprint density at radius 3 is 2.57 bits per heavy atom. The molecule has 0 fully saturated rings. The highest BCUT2D eigenvalue weighted by Crippen LogP contribution is 2.37. The van der Waals surface area contributed by atoms with Gasteiger partial charge in [0.25, 0.3) is 5.91 Å². The second kappa shape index (κ2) is 8.13. The van der Waals surface area contributed by atoms with Crippen molar-refractivity contribution < 1.29 is 22.7 Å². The number of halogens is 1. The quantitative estimate of drug-likeness (QED) is 0.621. The van der Waals surface area contributed by atoms with Crippen molar-refractivity contribution in [3.8, 4) is 11.5 Å². The van der Waals surface area contributed by atoms with Gasteiger partial charge in [0.1, 0.15) is 9.84 Å². The lowest BCUT2D eigenvalue weighted by atomic mass is 10.1. The van der Waals surface area contributed by atoms with E-state index in [1.54, 1.807) is 36.3 Å². The zero-order valence-corrected chi connectivity index (χ0v) is 18.3. The van der Waals surface area contributed by atoms with Crippen LogP contribution < -0.4 is 9.47 Å². The summed E-state index contributed by atoms with van der Waals surface area (Å²) in [5.41, 5.74) is 2.16. The second-order valence-corrected chi connectivity index (χ2v) is 9.79. The van der Waals surface area contributed by atoms with Crippen molar-refractivity contribution in [1.82, 2.24) is 4.90 Å². The number of ether oxygens (including phenoxy) is 2. The topological polar surface area (TPSA) is 72.9 Å². The minimum absolute atomic E-state index is 0.175. The summed E-state index contributed by atoms with van der Waals surface area (Å²) in [7, 11) is -1.80. The average molecular weight is 468 g/mol. The first-order chi connectivity index (χ1) is 13.2. The average Bonchev–Trinajstić information content (AvgIpc) is 2.95. The molecule has 1 atom stereocenters. The van der Waals surface area contributed by atoms with Crippen molar-refractivity contribution in [3.05, 3.63) is 57.6 Å². The molecule has 2 aromatic rings. The van der Waals surface area contributed by atoms with Gasteiger partial charge in [-0.1, -0.05) is 28.1 Å². The Morgan fingerprint density at radius 2 is 1.93 bits per heavy atom. The first-order valence-corrected chi connectivity index (χ1v) is 11.7. The zero-order chi connectivity index (χ0) is 20.5. The molecule has 0 aliphatic carbocycles. The van der Waals surface area contributed by atoms with E-state index in [-0.39, 0.29) is 11.7 Å². The molecular formula is C20H22BrNO5S. The fourth-order valence-corrected chi connectivity index (χ4v) is 4.68. The van der Waals surface area contributed by atoms with Gasteiger partial charge >= 0.3 is 0 Å². The Kier molecular flexibility index (Phi) is 6.00. The molecule has 28 heavy (non-hydrogen) atoms. The third kappa shape index (κ3) is 4.33. The van der Waals surface area contributed by atoms with E-state index in [9.17, 15) is 13.2 Å². The first-order valence-electron chi connectivity index (χ1n) is 8.81. The van der Waals surface area contributed by atoms with Gasteiger partial charge in [-0.25, -0.2) is 8.42 Å². The van der Waals surface area contributed by atoms with E-state index >= 15 is 0 Å². The van der Waals surface area contributed by atoms with E-state index in [0.29, 0.717) is 35.8 Å². The summed E-state index contributed by atoms with van der Waals surface area (Å²) in [5.74, 6) is 0.724. The molecular weight excluding hydrogens is 446 g/mol. The monoisotopic (exact) mass is 467 g/mol. The number of sulfone groups is 1. The highest BCUT2D eigenvalue weighted by molar-refractivity contribution is 9.10. The van der Waals surface area contributed by atoms with Crippen molar-refractivity contribution in [1.29, 1.82) is 0 Å². The highest BCUT2D eigenvalue weighted by Gasteiger charge is 2.35. The Balaban J connectivity index is 2.04. The number of hydrogen-bond donors (Lipinski definition) is 0. The Hall–Kier alpha value is -2.06. The minimum atomic E-state index is -3.34. The first kappa shape index (κ1) is 20.7. The lowest BCUT2D eigenvalue weighted by Gasteiger charge is -2.28. The molecule has 0 unspecified atom stereocenters. The van der Waals surface area contributed by atoms with Crippen LogP contribution in [-0.2, 0) is 16.4 Å². The van der Waals surface area contributed by atoms with Gasteiger partial charge in [-0.2, -0.15) is 0 Å². The molecule has 0 spiro atoms. The van der Waals surface area contributed by atoms with Crippen LogP contribution >= 0.6 is 15.9 Å². The fraction of sp³-hybridized carbons (Fsp3) is 0.350. The van der Waals surface area contributed by atoms with E-state index in [0.717, 1.165) is 10.0 Å². The summed E-state index contributed by atoms with van der Waals surface area (Å²) < 4.78 is 36.0. The maximum atomic E-state index is 13.0. The fourth-order valence-electron chi connectivity index (χ4n) is 3.37. The molecule has 6 nitrogen and oxygen atoms in total. The number of methoxy groups -OCH3 is 1. The molecule has 0 radical (unpaired) electrons. The summed E-state index contributed by atoms with van der Waals surface area (Å²) in [4.78, 5) is 14.6. The molecule has 0 saturated carbocycles. The number of carbonyl (C=O) groups excluding carboxylic acids is 1. The third-order valence-corrected chi connectivity index (χ3v) is 6.03. The van der Waals surface area contributed by atoms with Crippen LogP contribution in [0.3, 0.4) is 0 Å². The van der Waals surface area contributed by atoms with Gasteiger partial charge in [-0.15, -0.1) is 0 Å². The second-order valence-electron chi connectivity index (χ2n) is 6.69. The number of carbonyl (C=O) groups is 1. The summed E-state index contributed by atoms with van der Waals surface area (Å²) in [6, 6.07) is 10.2. The maximum absolute atomic E-state index is 13.0. The molecule has 0 bridgehead atoms. The van der Waals surface area contributed by atoms with Crippen LogP contribution in [0, 0.1) is 0 Å². The van der Waals surface area contributed by atoms with Gasteiger partial charge < -0.3 is 14.4 Å². The van der Waals surface area contributed by atoms with Gasteiger partial charge in [0.05, 0.1) is 25.5 Å². The van der Waals surface area contributed by atoms with Crippen molar-refractivity contribution >= 4 is 31.7 Å². The minimum Gasteiger partial charge on any atom is -0.493 e. The molecule has 2 aromatic carbocycles. The van der Waals surface area contributed by atoms with Gasteiger partial charge in [0.15, 0.2) is 11.5 Å². The maximum Gasteiger partial charge on any atom is 0.255 e. The van der Waals surface area contributed by atoms with Crippen LogP contribution in [-0.4, -0.2) is 45.0 Å². The van der Waals surface area contributed by atoms with E-state index in [2.05, 4.69) is 15.9 Å². The molecule has 0 aromatic heterocycles. The normalized spacial score (nSPS) is 14.7. The van der Waals surface area contributed by atoms with Crippen LogP contribution in [0.5, 0.6) is 11.5 Å². The largest absolute Gasteiger partial charge is 0.493 e. The van der Waals surface area contributed by atoms with Gasteiger partial charge in [0, 0.05) is 22.8 Å². The molecule has 8 heteroatoms. The molecule has 1 heterocycles. The van der Waals surface area contributed by atoms with Crippen molar-refractivity contribution in [2.75, 3.05) is 25.7 Å². The van der Waals surface area contributed by atoms with E-state index in [1.807, 2.05) is 19.1 Å². The standard InChI is InChI=1S/C20H22BrNO5S/c1-4-27-19-9-13(6-8-18(19)26-2)17(12-28(3,24)25)22-11-14-5-7-15(21)10-16(14)20(22)23/h5-10,17H,4,11-12H2,1-3H3/t17-/m1/s1. The van der Waals surface area contributed by atoms with Crippen LogP contribution in [0.15, 0.2) is 40.9 Å². The van der Waals surface area contributed by atoms with Crippen LogP contribution in [0.4, 0.5) is 0 Å². The van der Waals surface area contributed by atoms with Crippen molar-refractivity contribution in [2.24, 2.45) is 0 Å². The molecule has 150 valence electrons. The molecule has 0 N–H and O–H groups in total. The van der Waals surface area contributed by atoms with Crippen LogP contribution in [0.1, 0.15) is 34.5 Å². The number of benzene rings is 2. The molecule has 1 aliphatic heterocycles. The van der Waals surface area contributed by atoms with E-state index < -0.39 is 15.9 Å². The van der Waals surface area contributed by atoms with Gasteiger partial charge in [-0.05, 0) is 42.3 Å². The van der Waals surface area contributed by atoms with Gasteiger partial charge in [0.2, 0.25) is 0 Å². The van der Waals surface area contributed by atoms with Crippen LogP contribution in [0.2, 0.25) is 0 Å². The Bertz CT molecular complexity index is 1010. The van der Waals surface area contributed by atoms with Crippen molar-refractivity contribution in [3.63, 3.8) is 0 Å². The molecule has 1 amide bonds. The Labute approximate surface area is 173 Å². The molecule has 3 rings (SSSR count). The molecule has 1 aliphatic rings. The Morgan fingerprint density at radius 1 is 1.18 bits per heavy atom. The van der Waals surface area contributed by atoms with Crippen molar-refractivity contribution in [2.45, 2.75) is 19.5 Å². The lowest BCUT2D eigenvalue weighted by molar-refractivity contribution is 0.0718. The lowest BCUT2D eigenvalue weighted by Crippen LogP contribution is -2.33. The number of amides is 1. The van der Waals surface area contributed by atoms with Crippen LogP contribution in [0.25, 0.3) is 0 Å². The summed E-state index contributed by atoms with van der Waals surface area (Å²) in [6.45, 7) is 2.66. The molecule has 0 saturated heterocycles. The number of nitrogens with zero attached hydrogens (tertiary/aromatic N) is 1. The summed E-state index contributed by atoms with van der Waals surface area (Å²) >= 11 is 3.39. The number of hydrogen-bond acceptors (Lipinski definition) is 5. The third-order valence-electron chi connectivity index (χ3n) is 4.61. The number of fused-ring (bicyclic) bond motifs is 1. The highest BCUT2D eigenvalue weighted by atomic mass is 79.9. The van der Waals surface area contributed by atoms with E-state index in [4.69, 9.17) is 9.47 Å². The number of rotatable bonds is 7. The predicted octanol–water partition coefficient (Wildman–Crippen LogP) is 3.60. The SMILES string of the molecule is CCOc1cc([C@@H](CS(C)(=O)=O)N2Cc3ccc(Br)cc3C2=O)ccc1OC. The predicted molar refractivity (Wildman–Crippen MR) is 111 cm³/mol. The van der Waals surface area contributed by atoms with E-state index in [1.165, 1.54) is 6.26 Å². The van der Waals surface area contributed by atoms with Gasteiger partial charge in [-0.3, -0.25) is 4.79 Å². The summed E-state index contributed by atoms with van der Waals surface area (Å²) in [5, 5.41) is 0. The summed E-state index contributed by atoms with van der Waals surface area (Å²) in [6.07, 6.45) is 1.18. The smallest absolute Gasteiger partial charge is 0.255 e.